The van der Waals surface area contributed by atoms with Crippen LogP contribution in [0.3, 0.4) is 0 Å². The zero-order chi connectivity index (χ0) is 17.8. The van der Waals surface area contributed by atoms with Crippen molar-refractivity contribution < 1.29 is 9.47 Å². The normalized spacial score (nSPS) is 37.7. The Labute approximate surface area is 158 Å². The van der Waals surface area contributed by atoms with E-state index in [9.17, 15) is 0 Å². The van der Waals surface area contributed by atoms with Gasteiger partial charge in [-0.25, -0.2) is 0 Å². The summed E-state index contributed by atoms with van der Waals surface area (Å²) in [4.78, 5) is 0. The molecule has 0 radical (unpaired) electrons. The Balaban J connectivity index is 1.44. The Morgan fingerprint density at radius 1 is 1.12 bits per heavy atom. The lowest BCUT2D eigenvalue weighted by Crippen LogP contribution is -2.51. The molecule has 0 N–H and O–H groups in total. The number of hydrogen-bond donors (Lipinski definition) is 0. The van der Waals surface area contributed by atoms with E-state index < -0.39 is 0 Å². The molecule has 2 heteroatoms. The summed E-state index contributed by atoms with van der Waals surface area (Å²) in [6.45, 7) is 6.24. The molecular weight excluding hydrogens is 320 g/mol. The third-order valence-corrected chi connectivity index (χ3v) is 8.09. The summed E-state index contributed by atoms with van der Waals surface area (Å²) in [6.07, 6.45) is 13.2. The lowest BCUT2D eigenvalue weighted by Gasteiger charge is -2.52. The minimum Gasteiger partial charge on any atom is -0.347 e. The average molecular weight is 353 g/mol. The van der Waals surface area contributed by atoms with Crippen molar-refractivity contribution >= 4 is 6.08 Å². The van der Waals surface area contributed by atoms with Crippen molar-refractivity contribution in [3.05, 3.63) is 41.0 Å². The molecule has 1 aliphatic heterocycles. The first-order valence-corrected chi connectivity index (χ1v) is 10.7. The quantitative estimate of drug-likeness (QED) is 0.679. The van der Waals surface area contributed by atoms with Gasteiger partial charge < -0.3 is 9.47 Å². The fourth-order valence-electron chi connectivity index (χ4n) is 6.85. The van der Waals surface area contributed by atoms with Crippen LogP contribution < -0.4 is 0 Å². The van der Waals surface area contributed by atoms with E-state index in [0.717, 1.165) is 43.8 Å². The van der Waals surface area contributed by atoms with Crippen LogP contribution in [-0.4, -0.2) is 19.0 Å². The van der Waals surface area contributed by atoms with Crippen molar-refractivity contribution in [2.24, 2.45) is 17.3 Å². The van der Waals surface area contributed by atoms with Crippen molar-refractivity contribution in [2.45, 2.75) is 70.5 Å². The second kappa shape index (κ2) is 6.21. The van der Waals surface area contributed by atoms with E-state index in [4.69, 9.17) is 9.47 Å². The van der Waals surface area contributed by atoms with Gasteiger partial charge in [-0.2, -0.15) is 0 Å². The van der Waals surface area contributed by atoms with Crippen molar-refractivity contribution in [3.63, 3.8) is 0 Å². The van der Waals surface area contributed by atoms with Gasteiger partial charge >= 0.3 is 0 Å². The number of fused-ring (bicyclic) bond motifs is 6. The molecule has 2 saturated carbocycles. The van der Waals surface area contributed by atoms with Gasteiger partial charge in [0.05, 0.1) is 13.2 Å². The highest BCUT2D eigenvalue weighted by molar-refractivity contribution is 5.53. The molecule has 4 atom stereocenters. The summed E-state index contributed by atoms with van der Waals surface area (Å²) in [5.74, 6) is 2.05. The van der Waals surface area contributed by atoms with Crippen molar-refractivity contribution in [1.29, 1.82) is 0 Å². The number of aryl methyl sites for hydroxylation is 1. The van der Waals surface area contributed by atoms with Crippen LogP contribution in [0.5, 0.6) is 0 Å². The van der Waals surface area contributed by atoms with Gasteiger partial charge in [-0.15, -0.1) is 0 Å². The van der Waals surface area contributed by atoms with Crippen LogP contribution in [0.15, 0.2) is 24.3 Å². The lowest BCUT2D eigenvalue weighted by atomic mass is 9.55. The first kappa shape index (κ1) is 17.0. The van der Waals surface area contributed by atoms with Crippen LogP contribution in [0.1, 0.15) is 75.0 Å². The lowest BCUT2D eigenvalue weighted by molar-refractivity contribution is -0.237. The van der Waals surface area contributed by atoms with Crippen LogP contribution in [-0.2, 0) is 15.9 Å². The minimum atomic E-state index is -0.266. The molecule has 5 rings (SSSR count). The van der Waals surface area contributed by atoms with Gasteiger partial charge in [0.1, 0.15) is 0 Å². The number of benzene rings is 1. The highest BCUT2D eigenvalue weighted by atomic mass is 16.7. The number of allylic oxidation sites excluding steroid dienone is 1. The Morgan fingerprint density at radius 3 is 2.77 bits per heavy atom. The standard InChI is InChI=1S/C24H32O2/c1-3-4-5-17-6-8-19-18(16-17)7-9-21-20(19)10-12-23(2)22(21)11-13-24(23)25-14-15-26-24/h4-6,8,16,20-22H,3,7,9-15H2,1-2H3/b5-4+/t20-,21-,22+,23+/m1/s1. The molecule has 0 amide bonds. The monoisotopic (exact) mass is 352 g/mol. The zero-order valence-corrected chi connectivity index (χ0v) is 16.3. The first-order chi connectivity index (χ1) is 12.7. The molecule has 3 aliphatic carbocycles. The van der Waals surface area contributed by atoms with Crippen molar-refractivity contribution in [1.82, 2.24) is 0 Å². The molecule has 1 spiro atoms. The van der Waals surface area contributed by atoms with E-state index in [-0.39, 0.29) is 11.2 Å². The van der Waals surface area contributed by atoms with E-state index in [2.05, 4.69) is 44.2 Å². The highest BCUT2D eigenvalue weighted by Gasteiger charge is 2.64. The van der Waals surface area contributed by atoms with Gasteiger partial charge in [-0.3, -0.25) is 0 Å². The molecule has 26 heavy (non-hydrogen) atoms. The summed E-state index contributed by atoms with van der Waals surface area (Å²) < 4.78 is 12.5. The summed E-state index contributed by atoms with van der Waals surface area (Å²) in [7, 11) is 0. The number of ether oxygens (including phenoxy) is 2. The zero-order valence-electron chi connectivity index (χ0n) is 16.3. The van der Waals surface area contributed by atoms with Crippen molar-refractivity contribution in [2.75, 3.05) is 13.2 Å². The van der Waals surface area contributed by atoms with Crippen molar-refractivity contribution in [3.8, 4) is 0 Å². The maximum atomic E-state index is 6.25. The Morgan fingerprint density at radius 2 is 1.96 bits per heavy atom. The van der Waals surface area contributed by atoms with E-state index in [1.54, 1.807) is 11.1 Å². The first-order valence-electron chi connectivity index (χ1n) is 10.7. The van der Waals surface area contributed by atoms with Gasteiger partial charge in [0.25, 0.3) is 0 Å². The maximum absolute atomic E-state index is 6.25. The Hall–Kier alpha value is -1.12. The Bertz CT molecular complexity index is 715. The van der Waals surface area contributed by atoms with Gasteiger partial charge in [-0.05, 0) is 73.0 Å². The molecule has 1 heterocycles. The fraction of sp³-hybridized carbons (Fsp3) is 0.667. The fourth-order valence-corrected chi connectivity index (χ4v) is 6.85. The minimum absolute atomic E-state index is 0.214. The molecule has 1 aromatic carbocycles. The van der Waals surface area contributed by atoms with Crippen LogP contribution in [0, 0.1) is 17.3 Å². The molecule has 140 valence electrons. The third kappa shape index (κ3) is 2.31. The highest BCUT2D eigenvalue weighted by Crippen LogP contribution is 2.66. The van der Waals surface area contributed by atoms with E-state index in [1.807, 2.05) is 0 Å². The maximum Gasteiger partial charge on any atom is 0.174 e. The summed E-state index contributed by atoms with van der Waals surface area (Å²) >= 11 is 0. The molecular formula is C24H32O2. The second-order valence-corrected chi connectivity index (χ2v) is 9.13. The van der Waals surface area contributed by atoms with E-state index in [1.165, 1.54) is 37.7 Å². The molecule has 1 aromatic rings. The molecule has 3 fully saturated rings. The van der Waals surface area contributed by atoms with Crippen LogP contribution >= 0.6 is 0 Å². The number of hydrogen-bond acceptors (Lipinski definition) is 2. The average Bonchev–Trinajstić information content (AvgIpc) is 3.26. The predicted molar refractivity (Wildman–Crippen MR) is 105 cm³/mol. The summed E-state index contributed by atoms with van der Waals surface area (Å²) in [5, 5.41) is 0. The summed E-state index contributed by atoms with van der Waals surface area (Å²) in [6, 6.07) is 7.22. The molecule has 2 nitrogen and oxygen atoms in total. The predicted octanol–water partition coefficient (Wildman–Crippen LogP) is 5.71. The molecule has 1 saturated heterocycles. The van der Waals surface area contributed by atoms with Gasteiger partial charge in [0.2, 0.25) is 0 Å². The van der Waals surface area contributed by atoms with Gasteiger partial charge in [0.15, 0.2) is 5.79 Å². The molecule has 0 aromatic heterocycles. The molecule has 0 unspecified atom stereocenters. The van der Waals surface area contributed by atoms with E-state index in [0.29, 0.717) is 0 Å². The second-order valence-electron chi connectivity index (χ2n) is 9.13. The van der Waals surface area contributed by atoms with Crippen LogP contribution in [0.4, 0.5) is 0 Å². The van der Waals surface area contributed by atoms with Crippen LogP contribution in [0.2, 0.25) is 0 Å². The SMILES string of the molecule is CC/C=C/c1ccc2c(c1)CC[C@@H]1[C@@H]2CC[C@@]2(C)[C@H]1CCC21OCCO1. The number of rotatable bonds is 2. The third-order valence-electron chi connectivity index (χ3n) is 8.09. The summed E-state index contributed by atoms with van der Waals surface area (Å²) in [5.41, 5.74) is 4.84. The smallest absolute Gasteiger partial charge is 0.174 e. The van der Waals surface area contributed by atoms with E-state index >= 15 is 0 Å². The largest absolute Gasteiger partial charge is 0.347 e. The Kier molecular flexibility index (Phi) is 4.06. The van der Waals surface area contributed by atoms with Gasteiger partial charge in [-0.1, -0.05) is 44.2 Å². The molecule has 4 aliphatic rings. The van der Waals surface area contributed by atoms with Gasteiger partial charge in [0, 0.05) is 11.8 Å². The van der Waals surface area contributed by atoms with Crippen LogP contribution in [0.25, 0.3) is 6.08 Å². The molecule has 0 bridgehead atoms. The topological polar surface area (TPSA) is 18.5 Å².